The van der Waals surface area contributed by atoms with Crippen LogP contribution in [0, 0.1) is 11.8 Å². The number of phenolic OH excluding ortho intramolecular Hbond substituents is 4. The van der Waals surface area contributed by atoms with Crippen molar-refractivity contribution in [1.82, 2.24) is 0 Å². The van der Waals surface area contributed by atoms with Gasteiger partial charge < -0.3 is 48.9 Å². The summed E-state index contributed by atoms with van der Waals surface area (Å²) in [5.41, 5.74) is 0.651. The highest BCUT2D eigenvalue weighted by Gasteiger charge is 2.62. The van der Waals surface area contributed by atoms with Gasteiger partial charge in [0.05, 0.1) is 11.8 Å². The van der Waals surface area contributed by atoms with Crippen LogP contribution in [0.1, 0.15) is 23.0 Å². The Morgan fingerprint density at radius 1 is 0.686 bits per heavy atom. The largest absolute Gasteiger partial charge is 0.508 e. The minimum absolute atomic E-state index is 0.0195. The molecular formula is C38H30O13. The van der Waals surface area contributed by atoms with E-state index in [0.717, 1.165) is 17.7 Å². The molecule has 3 heterocycles. The summed E-state index contributed by atoms with van der Waals surface area (Å²) >= 11 is 0. The average molecular weight is 695 g/mol. The molecule has 51 heavy (non-hydrogen) atoms. The van der Waals surface area contributed by atoms with Gasteiger partial charge in [-0.2, -0.15) is 0 Å². The smallest absolute Gasteiger partial charge is 0.311 e. The van der Waals surface area contributed by atoms with Crippen molar-refractivity contribution < 1.29 is 58.5 Å². The molecule has 2 bridgehead atoms. The van der Waals surface area contributed by atoms with Crippen LogP contribution in [0.15, 0.2) is 100 Å². The van der Waals surface area contributed by atoms with Crippen LogP contribution in [0.25, 0.3) is 22.3 Å². The highest BCUT2D eigenvalue weighted by Crippen LogP contribution is 2.59. The number of esters is 2. The zero-order chi connectivity index (χ0) is 35.6. The molecule has 0 unspecified atom stereocenters. The molecule has 0 amide bonds. The van der Waals surface area contributed by atoms with E-state index in [4.69, 9.17) is 23.4 Å². The number of aliphatic hydroxyl groups excluding tert-OH is 1. The van der Waals surface area contributed by atoms with Crippen molar-refractivity contribution in [2.75, 3.05) is 6.61 Å². The zero-order valence-electron chi connectivity index (χ0n) is 26.5. The number of benzene rings is 4. The van der Waals surface area contributed by atoms with Gasteiger partial charge in [-0.25, -0.2) is 0 Å². The number of cyclic esters (lactones) is 1. The Morgan fingerprint density at radius 2 is 1.31 bits per heavy atom. The van der Waals surface area contributed by atoms with Gasteiger partial charge in [-0.15, -0.1) is 0 Å². The summed E-state index contributed by atoms with van der Waals surface area (Å²) in [6.45, 7) is -0.431. The second-order valence-electron chi connectivity index (χ2n) is 12.8. The van der Waals surface area contributed by atoms with Crippen LogP contribution >= 0.6 is 0 Å². The van der Waals surface area contributed by atoms with Crippen molar-refractivity contribution in [2.45, 2.75) is 36.4 Å². The molecule has 3 aliphatic rings. The number of hydrogen-bond donors (Lipinski definition) is 5. The van der Waals surface area contributed by atoms with Gasteiger partial charge in [-0.1, -0.05) is 42.5 Å². The Bertz CT molecular complexity index is 2200. The molecular weight excluding hydrogens is 664 g/mol. The van der Waals surface area contributed by atoms with Crippen LogP contribution in [0.2, 0.25) is 0 Å². The first-order valence-corrected chi connectivity index (χ1v) is 16.1. The van der Waals surface area contributed by atoms with Gasteiger partial charge >= 0.3 is 11.9 Å². The number of aliphatic hydroxyl groups is 1. The van der Waals surface area contributed by atoms with E-state index >= 15 is 0 Å². The van der Waals surface area contributed by atoms with E-state index < -0.39 is 83.7 Å². The van der Waals surface area contributed by atoms with Crippen molar-refractivity contribution >= 4 is 22.9 Å². The van der Waals surface area contributed by atoms with Crippen LogP contribution in [-0.2, 0) is 23.8 Å². The van der Waals surface area contributed by atoms with E-state index in [1.165, 1.54) is 36.4 Å². The van der Waals surface area contributed by atoms with Crippen molar-refractivity contribution in [3.63, 3.8) is 0 Å². The van der Waals surface area contributed by atoms with Crippen LogP contribution in [-0.4, -0.2) is 68.7 Å². The molecule has 0 spiro atoms. The lowest BCUT2D eigenvalue weighted by Gasteiger charge is -2.50. The molecule has 260 valence electrons. The number of fused-ring (bicyclic) bond motifs is 4. The number of phenols is 4. The van der Waals surface area contributed by atoms with E-state index in [0.29, 0.717) is 5.56 Å². The number of carbonyl (C=O) groups excluding carboxylic acids is 2. The third kappa shape index (κ3) is 5.47. The number of rotatable bonds is 5. The van der Waals surface area contributed by atoms with Crippen LogP contribution in [0.3, 0.4) is 0 Å². The van der Waals surface area contributed by atoms with Crippen LogP contribution in [0.4, 0.5) is 0 Å². The van der Waals surface area contributed by atoms with E-state index in [-0.39, 0.29) is 39.5 Å². The summed E-state index contributed by atoms with van der Waals surface area (Å²) in [6, 6.07) is 23.1. The van der Waals surface area contributed by atoms with E-state index in [1.54, 1.807) is 12.1 Å². The predicted molar refractivity (Wildman–Crippen MR) is 176 cm³/mol. The van der Waals surface area contributed by atoms with Gasteiger partial charge in [0.15, 0.2) is 11.9 Å². The molecule has 1 saturated carbocycles. The summed E-state index contributed by atoms with van der Waals surface area (Å²) in [6.07, 6.45) is -5.94. The lowest BCUT2D eigenvalue weighted by Crippen LogP contribution is -2.55. The summed E-state index contributed by atoms with van der Waals surface area (Å²) < 4.78 is 29.6. The van der Waals surface area contributed by atoms with Gasteiger partial charge in [0.1, 0.15) is 52.8 Å². The van der Waals surface area contributed by atoms with Crippen LogP contribution in [0.5, 0.6) is 28.7 Å². The molecule has 1 aromatic heterocycles. The second kappa shape index (κ2) is 12.4. The SMILES string of the molecule is O=C1O[C@H]2[C@H](Oc3c(-c4ccc(O)cc4)oc4cc(O)cc(O)c4c3=O)O[C@@H](COC(=O)[C@H]3[C@@H]1[C@H](c1ccc(O)cc1)[C@@H]3c1ccccc1)[C@@H]2O. The maximum atomic E-state index is 14.2. The number of aromatic hydroxyl groups is 4. The fraction of sp³-hybridized carbons (Fsp3) is 0.237. The van der Waals surface area contributed by atoms with Gasteiger partial charge in [0.2, 0.25) is 17.5 Å². The van der Waals surface area contributed by atoms with Crippen LogP contribution < -0.4 is 10.2 Å². The summed E-state index contributed by atoms with van der Waals surface area (Å²) in [5, 5.41) is 51.5. The molecule has 8 rings (SSSR count). The number of carbonyl (C=O) groups is 2. The lowest BCUT2D eigenvalue weighted by molar-refractivity contribution is -0.185. The van der Waals surface area contributed by atoms with E-state index in [1.807, 2.05) is 30.3 Å². The molecule has 1 aliphatic carbocycles. The number of hydrogen-bond acceptors (Lipinski definition) is 13. The minimum Gasteiger partial charge on any atom is -0.508 e. The molecule has 13 heteroatoms. The minimum atomic E-state index is -1.63. The second-order valence-corrected chi connectivity index (χ2v) is 12.8. The molecule has 8 atom stereocenters. The third-order valence-electron chi connectivity index (χ3n) is 9.77. The third-order valence-corrected chi connectivity index (χ3v) is 9.77. The molecule has 4 aromatic carbocycles. The monoisotopic (exact) mass is 694 g/mol. The van der Waals surface area contributed by atoms with E-state index in [9.17, 15) is 39.9 Å². The molecule has 3 fully saturated rings. The molecule has 0 radical (unpaired) electrons. The highest BCUT2D eigenvalue weighted by atomic mass is 16.7. The van der Waals surface area contributed by atoms with Crippen molar-refractivity contribution in [3.8, 4) is 40.1 Å². The zero-order valence-corrected chi connectivity index (χ0v) is 26.5. The molecule has 2 aliphatic heterocycles. The normalized spacial score (nSPS) is 27.2. The van der Waals surface area contributed by atoms with Gasteiger partial charge in [-0.3, -0.25) is 14.4 Å². The first kappa shape index (κ1) is 32.2. The lowest BCUT2D eigenvalue weighted by atomic mass is 9.52. The summed E-state index contributed by atoms with van der Waals surface area (Å²) in [4.78, 5) is 41.8. The number of ether oxygens (including phenoxy) is 4. The van der Waals surface area contributed by atoms with Crippen molar-refractivity contribution in [2.24, 2.45) is 11.8 Å². The Labute approximate surface area is 288 Å². The summed E-state index contributed by atoms with van der Waals surface area (Å²) in [5.74, 6) is -6.34. The highest BCUT2D eigenvalue weighted by molar-refractivity contribution is 5.89. The Kier molecular flexibility index (Phi) is 7.80. The topological polar surface area (TPSA) is 202 Å². The fourth-order valence-corrected chi connectivity index (χ4v) is 7.36. The Balaban J connectivity index is 1.19. The molecule has 2 saturated heterocycles. The standard InChI is InChI=1S/C38H30O13/c39-20-10-6-18(7-11-20)27-26(17-4-2-1-3-5-17)29-30(27)37(46)50-35-31(43)25(16-47-36(29)45)49-38(35)51-34-32(44)28-23(42)14-22(41)15-24(28)48-33(34)19-8-12-21(40)13-9-19/h1-15,25-27,29-31,35,38-43H,16H2/t25-,26-,27+,29+,30-,31-,35+,38-/m0/s1. The first-order chi connectivity index (χ1) is 24.6. The fourth-order valence-electron chi connectivity index (χ4n) is 7.36. The van der Waals surface area contributed by atoms with E-state index in [2.05, 4.69) is 0 Å². The first-order valence-electron chi connectivity index (χ1n) is 16.1. The van der Waals surface area contributed by atoms with Gasteiger partial charge in [0.25, 0.3) is 0 Å². The quantitative estimate of drug-likeness (QED) is 0.165. The molecule has 5 N–H and O–H groups in total. The van der Waals surface area contributed by atoms with Gasteiger partial charge in [-0.05, 0) is 47.5 Å². The molecule has 5 aromatic rings. The van der Waals surface area contributed by atoms with Crippen molar-refractivity contribution in [1.29, 1.82) is 0 Å². The Morgan fingerprint density at radius 3 is 2.00 bits per heavy atom. The molecule has 13 nitrogen and oxygen atoms in total. The summed E-state index contributed by atoms with van der Waals surface area (Å²) in [7, 11) is 0. The predicted octanol–water partition coefficient (Wildman–Crippen LogP) is 4.03. The maximum Gasteiger partial charge on any atom is 0.311 e. The van der Waals surface area contributed by atoms with Crippen molar-refractivity contribution in [3.05, 3.63) is 112 Å². The maximum absolute atomic E-state index is 14.2. The average Bonchev–Trinajstić information content (AvgIpc) is 3.37. The Hall–Kier alpha value is -6.05. The van der Waals surface area contributed by atoms with Gasteiger partial charge in [0, 0.05) is 29.5 Å².